The zero-order valence-electron chi connectivity index (χ0n) is 13.8. The summed E-state index contributed by atoms with van der Waals surface area (Å²) in [5.41, 5.74) is 4.94. The second-order valence-corrected chi connectivity index (χ2v) is 6.02. The maximum absolute atomic E-state index is 12.0. The van der Waals surface area contributed by atoms with Gasteiger partial charge in [-0.2, -0.15) is 5.10 Å². The molecule has 2 heterocycles. The number of hydrogen-bond donors (Lipinski definition) is 2. The highest BCUT2D eigenvalue weighted by atomic mass is 16.3. The lowest BCUT2D eigenvalue weighted by Crippen LogP contribution is -2.10. The van der Waals surface area contributed by atoms with E-state index >= 15 is 0 Å². The number of aryl methyl sites for hydroxylation is 2. The maximum Gasteiger partial charge on any atom is 0.348 e. The van der Waals surface area contributed by atoms with Gasteiger partial charge >= 0.3 is 5.69 Å². The Morgan fingerprint density at radius 1 is 1.04 bits per heavy atom. The van der Waals surface area contributed by atoms with Crippen molar-refractivity contribution in [2.24, 2.45) is 0 Å². The van der Waals surface area contributed by atoms with Crippen molar-refractivity contribution in [3.05, 3.63) is 70.4 Å². The number of aromatic amines is 1. The molecule has 4 aromatic rings. The smallest absolute Gasteiger partial charge is 0.348 e. The molecular formula is C19H16N4O2. The van der Waals surface area contributed by atoms with E-state index < -0.39 is 0 Å². The van der Waals surface area contributed by atoms with E-state index in [-0.39, 0.29) is 11.4 Å². The van der Waals surface area contributed by atoms with Gasteiger partial charge in [0.1, 0.15) is 12.1 Å². The van der Waals surface area contributed by atoms with E-state index in [9.17, 15) is 9.90 Å². The first-order valence-electron chi connectivity index (χ1n) is 7.88. The van der Waals surface area contributed by atoms with Crippen LogP contribution in [0.5, 0.6) is 5.75 Å². The minimum absolute atomic E-state index is 0.268. The van der Waals surface area contributed by atoms with Gasteiger partial charge in [0.15, 0.2) is 5.65 Å². The lowest BCUT2D eigenvalue weighted by molar-refractivity contribution is 0.467. The molecule has 4 rings (SSSR count). The number of fused-ring (bicyclic) bond motifs is 1. The summed E-state index contributed by atoms with van der Waals surface area (Å²) in [4.78, 5) is 16.5. The predicted octanol–water partition coefficient (Wildman–Crippen LogP) is 3.07. The van der Waals surface area contributed by atoms with Crippen molar-refractivity contribution >= 4 is 5.65 Å². The topological polar surface area (TPSA) is 83.3 Å². The van der Waals surface area contributed by atoms with Gasteiger partial charge in [0, 0.05) is 5.56 Å². The fourth-order valence-corrected chi connectivity index (χ4v) is 3.06. The number of nitrogens with zero attached hydrogens (tertiary/aromatic N) is 3. The highest BCUT2D eigenvalue weighted by Gasteiger charge is 2.18. The molecule has 0 spiro atoms. The summed E-state index contributed by atoms with van der Waals surface area (Å²) in [6.07, 6.45) is 1.48. The Morgan fingerprint density at radius 2 is 1.72 bits per heavy atom. The number of aromatic hydroxyl groups is 1. The van der Waals surface area contributed by atoms with Crippen LogP contribution in [0, 0.1) is 13.8 Å². The van der Waals surface area contributed by atoms with E-state index in [0.717, 1.165) is 33.5 Å². The lowest BCUT2D eigenvalue weighted by atomic mass is 9.96. The molecule has 0 unspecified atom stereocenters. The Kier molecular flexibility index (Phi) is 3.39. The Balaban J connectivity index is 2.12. The van der Waals surface area contributed by atoms with Crippen LogP contribution in [0.15, 0.2) is 53.6 Å². The summed E-state index contributed by atoms with van der Waals surface area (Å²) in [5, 5.41) is 16.7. The molecule has 0 atom stereocenters. The number of rotatable bonds is 2. The van der Waals surface area contributed by atoms with Gasteiger partial charge in [0.05, 0.1) is 11.3 Å². The molecule has 6 nitrogen and oxygen atoms in total. The van der Waals surface area contributed by atoms with Crippen molar-refractivity contribution in [1.82, 2.24) is 19.6 Å². The first-order chi connectivity index (χ1) is 12.1. The van der Waals surface area contributed by atoms with Gasteiger partial charge in [-0.05, 0) is 42.7 Å². The van der Waals surface area contributed by atoms with Gasteiger partial charge < -0.3 is 5.11 Å². The lowest BCUT2D eigenvalue weighted by Gasteiger charge is -2.13. The highest BCUT2D eigenvalue weighted by Crippen LogP contribution is 2.36. The third kappa shape index (κ3) is 2.39. The summed E-state index contributed by atoms with van der Waals surface area (Å²) in [5.74, 6) is 0.268. The van der Waals surface area contributed by atoms with Crippen LogP contribution in [0.3, 0.4) is 0 Å². The summed E-state index contributed by atoms with van der Waals surface area (Å²) >= 11 is 0. The largest absolute Gasteiger partial charge is 0.507 e. The van der Waals surface area contributed by atoms with Crippen LogP contribution in [-0.2, 0) is 0 Å². The van der Waals surface area contributed by atoms with Crippen molar-refractivity contribution in [2.75, 3.05) is 0 Å². The molecule has 124 valence electrons. The Morgan fingerprint density at radius 3 is 2.40 bits per heavy atom. The zero-order chi connectivity index (χ0) is 17.6. The third-order valence-corrected chi connectivity index (χ3v) is 4.29. The van der Waals surface area contributed by atoms with Crippen LogP contribution in [-0.4, -0.2) is 24.7 Å². The molecule has 0 aliphatic carbocycles. The summed E-state index contributed by atoms with van der Waals surface area (Å²) in [7, 11) is 0. The number of H-pyrrole nitrogens is 1. The molecule has 2 aromatic carbocycles. The second kappa shape index (κ2) is 5.59. The number of phenols is 1. The maximum atomic E-state index is 12.0. The molecule has 0 saturated heterocycles. The van der Waals surface area contributed by atoms with Crippen LogP contribution >= 0.6 is 0 Å². The SMILES string of the molecule is Cc1cc(-c2c(-c3ccccc3)ncn3c(=O)[nH]nc23)cc(C)c1O. The number of nitrogens with one attached hydrogen (secondary N) is 1. The molecule has 2 aromatic heterocycles. The number of aromatic nitrogens is 4. The average molecular weight is 332 g/mol. The summed E-state index contributed by atoms with van der Waals surface area (Å²) in [6, 6.07) is 13.5. The minimum atomic E-state index is -0.337. The van der Waals surface area contributed by atoms with Crippen LogP contribution in [0.25, 0.3) is 28.0 Å². The van der Waals surface area contributed by atoms with Crippen molar-refractivity contribution in [2.45, 2.75) is 13.8 Å². The van der Waals surface area contributed by atoms with Gasteiger partial charge in [-0.3, -0.25) is 0 Å². The zero-order valence-corrected chi connectivity index (χ0v) is 13.8. The number of phenolic OH excluding ortho intramolecular Hbond substituents is 1. The normalized spacial score (nSPS) is 11.1. The van der Waals surface area contributed by atoms with Crippen molar-refractivity contribution in [1.29, 1.82) is 0 Å². The van der Waals surface area contributed by atoms with Crippen molar-refractivity contribution in [3.63, 3.8) is 0 Å². The van der Waals surface area contributed by atoms with Crippen molar-refractivity contribution < 1.29 is 5.11 Å². The van der Waals surface area contributed by atoms with E-state index in [2.05, 4.69) is 15.2 Å². The molecule has 0 aliphatic heterocycles. The molecule has 2 N–H and O–H groups in total. The van der Waals surface area contributed by atoms with E-state index in [1.807, 2.05) is 56.3 Å². The molecule has 0 bridgehead atoms. The van der Waals surface area contributed by atoms with Gasteiger partial charge in [-0.25, -0.2) is 19.3 Å². The first kappa shape index (κ1) is 15.1. The molecule has 0 aliphatic rings. The molecule has 0 amide bonds. The van der Waals surface area contributed by atoms with Crippen LogP contribution in [0.2, 0.25) is 0 Å². The fourth-order valence-electron chi connectivity index (χ4n) is 3.06. The monoisotopic (exact) mass is 332 g/mol. The molecule has 0 fully saturated rings. The highest BCUT2D eigenvalue weighted by molar-refractivity contribution is 5.90. The Labute approximate surface area is 143 Å². The number of hydrogen-bond acceptors (Lipinski definition) is 4. The van der Waals surface area contributed by atoms with Gasteiger partial charge in [-0.15, -0.1) is 0 Å². The van der Waals surface area contributed by atoms with Gasteiger partial charge in [0.25, 0.3) is 0 Å². The average Bonchev–Trinajstić information content (AvgIpc) is 3.00. The van der Waals surface area contributed by atoms with E-state index in [4.69, 9.17) is 0 Å². The second-order valence-electron chi connectivity index (χ2n) is 6.02. The standard InChI is InChI=1S/C19H16N4O2/c1-11-8-14(9-12(2)17(11)24)15-16(13-6-4-3-5-7-13)20-10-23-18(15)21-22-19(23)25/h3-10,24H,1-2H3,(H,22,25). The van der Waals surface area contributed by atoms with E-state index in [1.54, 1.807) is 0 Å². The third-order valence-electron chi connectivity index (χ3n) is 4.29. The van der Waals surface area contributed by atoms with Crippen LogP contribution in [0.1, 0.15) is 11.1 Å². The molecular weight excluding hydrogens is 316 g/mol. The predicted molar refractivity (Wildman–Crippen MR) is 95.6 cm³/mol. The quantitative estimate of drug-likeness (QED) is 0.591. The first-order valence-corrected chi connectivity index (χ1v) is 7.88. The molecule has 25 heavy (non-hydrogen) atoms. The van der Waals surface area contributed by atoms with Gasteiger partial charge in [0.2, 0.25) is 0 Å². The molecule has 0 radical (unpaired) electrons. The Hall–Kier alpha value is -3.41. The molecule has 0 saturated carbocycles. The van der Waals surface area contributed by atoms with Gasteiger partial charge in [-0.1, -0.05) is 30.3 Å². The Bertz CT molecular complexity index is 1120. The van der Waals surface area contributed by atoms with Crippen LogP contribution in [0.4, 0.5) is 0 Å². The van der Waals surface area contributed by atoms with Crippen LogP contribution < -0.4 is 5.69 Å². The summed E-state index contributed by atoms with van der Waals surface area (Å²) in [6.45, 7) is 3.69. The van der Waals surface area contributed by atoms with Crippen molar-refractivity contribution in [3.8, 4) is 28.1 Å². The molecule has 6 heteroatoms. The summed E-state index contributed by atoms with van der Waals surface area (Å²) < 4.78 is 1.39. The van der Waals surface area contributed by atoms with E-state index in [1.165, 1.54) is 10.7 Å². The van der Waals surface area contributed by atoms with E-state index in [0.29, 0.717) is 5.65 Å². The fraction of sp³-hybridized carbons (Fsp3) is 0.105. The minimum Gasteiger partial charge on any atom is -0.507 e. The number of benzene rings is 2.